The molecule has 3 N–H and O–H groups in total. The van der Waals surface area contributed by atoms with E-state index < -0.39 is 6.09 Å². The molecule has 1 aromatic heterocycles. The minimum absolute atomic E-state index is 0.290. The van der Waals surface area contributed by atoms with E-state index in [1.807, 2.05) is 0 Å². The second kappa shape index (κ2) is 3.62. The molecule has 1 amide bonds. The number of nitrogens with one attached hydrogen (secondary N) is 1. The van der Waals surface area contributed by atoms with Crippen molar-refractivity contribution in [3.05, 3.63) is 12.4 Å². The molecule has 7 nitrogen and oxygen atoms in total. The number of amides is 1. The molecule has 0 bridgehead atoms. The van der Waals surface area contributed by atoms with Crippen LogP contribution in [-0.2, 0) is 11.3 Å². The first-order valence-electron chi connectivity index (χ1n) is 4.30. The van der Waals surface area contributed by atoms with Crippen LogP contribution in [0.15, 0.2) is 12.4 Å². The third kappa shape index (κ3) is 1.82. The highest BCUT2D eigenvalue weighted by Gasteiger charge is 2.28. The molecule has 2 rings (SSSR count). The Morgan fingerprint density at radius 2 is 2.43 bits per heavy atom. The summed E-state index contributed by atoms with van der Waals surface area (Å²) in [5.74, 6) is 0. The fraction of sp³-hybridized carbons (Fsp3) is 0.571. The molecule has 1 fully saturated rings. The minimum Gasteiger partial charge on any atom is -0.443 e. The number of nitrogens with two attached hydrogens (primary N) is 1. The molecule has 2 atom stereocenters. The van der Waals surface area contributed by atoms with Gasteiger partial charge in [0.25, 0.3) is 0 Å². The van der Waals surface area contributed by atoms with Gasteiger partial charge in [-0.1, -0.05) is 0 Å². The lowest BCUT2D eigenvalue weighted by Gasteiger charge is -2.15. The molecule has 7 heteroatoms. The summed E-state index contributed by atoms with van der Waals surface area (Å²) in [6.45, 7) is 0.883. The van der Waals surface area contributed by atoms with E-state index in [2.05, 4.69) is 15.5 Å². The number of nitrogens with zero attached hydrogens (tertiary/aromatic N) is 3. The summed E-state index contributed by atoms with van der Waals surface area (Å²) < 4.78 is 4.93. The van der Waals surface area contributed by atoms with Gasteiger partial charge in [-0.25, -0.2) is 4.79 Å². The predicted molar refractivity (Wildman–Crippen MR) is 46.3 cm³/mol. The lowest BCUT2D eigenvalue weighted by atomic mass is 10.2. The Labute approximate surface area is 80.2 Å². The molecule has 0 aromatic carbocycles. The second-order valence-corrected chi connectivity index (χ2v) is 3.07. The summed E-state index contributed by atoms with van der Waals surface area (Å²) in [6.07, 6.45) is 2.43. The maximum atomic E-state index is 10.7. The molecule has 0 aliphatic carbocycles. The number of alkyl carbamates (subject to hydrolysis) is 1. The molecule has 0 spiro atoms. The molecule has 76 valence electrons. The average Bonchev–Trinajstić information content (AvgIpc) is 2.75. The summed E-state index contributed by atoms with van der Waals surface area (Å²) in [5, 5.41) is 10.4. The maximum absolute atomic E-state index is 10.7. The van der Waals surface area contributed by atoms with Gasteiger partial charge in [0.2, 0.25) is 0 Å². The van der Waals surface area contributed by atoms with E-state index in [0.717, 1.165) is 0 Å². The van der Waals surface area contributed by atoms with Gasteiger partial charge in [0.1, 0.15) is 6.10 Å². The van der Waals surface area contributed by atoms with Gasteiger partial charge in [0.15, 0.2) is 0 Å². The fourth-order valence-corrected chi connectivity index (χ4v) is 1.29. The van der Waals surface area contributed by atoms with Gasteiger partial charge in [-0.05, 0) is 0 Å². The quantitative estimate of drug-likeness (QED) is 0.629. The number of cyclic esters (lactones) is 1. The number of ether oxygens (including phenoxy) is 1. The van der Waals surface area contributed by atoms with Crippen molar-refractivity contribution >= 4 is 6.09 Å². The van der Waals surface area contributed by atoms with Crippen molar-refractivity contribution in [3.8, 4) is 0 Å². The van der Waals surface area contributed by atoms with Crippen LogP contribution in [0.2, 0.25) is 0 Å². The first-order valence-corrected chi connectivity index (χ1v) is 4.30. The smallest absolute Gasteiger partial charge is 0.407 e. The van der Waals surface area contributed by atoms with Crippen LogP contribution in [0.25, 0.3) is 0 Å². The largest absolute Gasteiger partial charge is 0.443 e. The highest BCUT2D eigenvalue weighted by Crippen LogP contribution is 2.04. The van der Waals surface area contributed by atoms with Crippen molar-refractivity contribution in [2.75, 3.05) is 6.54 Å². The van der Waals surface area contributed by atoms with Crippen LogP contribution in [0.1, 0.15) is 0 Å². The molecular formula is C7H11N5O2. The monoisotopic (exact) mass is 197 g/mol. The first-order chi connectivity index (χ1) is 6.75. The molecule has 1 saturated heterocycles. The van der Waals surface area contributed by atoms with Crippen LogP contribution in [-0.4, -0.2) is 39.8 Å². The molecule has 14 heavy (non-hydrogen) atoms. The number of hydrogen-bond donors (Lipinski definition) is 2. The fourth-order valence-electron chi connectivity index (χ4n) is 1.29. The minimum atomic E-state index is -0.418. The van der Waals surface area contributed by atoms with Crippen LogP contribution >= 0.6 is 0 Å². The van der Waals surface area contributed by atoms with Crippen molar-refractivity contribution in [2.24, 2.45) is 5.73 Å². The van der Waals surface area contributed by atoms with Gasteiger partial charge in [-0.3, -0.25) is 0 Å². The van der Waals surface area contributed by atoms with Gasteiger partial charge in [0, 0.05) is 0 Å². The van der Waals surface area contributed by atoms with E-state index >= 15 is 0 Å². The summed E-state index contributed by atoms with van der Waals surface area (Å²) in [7, 11) is 0. The zero-order valence-corrected chi connectivity index (χ0v) is 7.46. The Morgan fingerprint density at radius 3 is 3.00 bits per heavy atom. The average molecular weight is 197 g/mol. The Balaban J connectivity index is 1.89. The normalized spacial score (nSPS) is 22.9. The second-order valence-electron chi connectivity index (χ2n) is 3.07. The predicted octanol–water partition coefficient (Wildman–Crippen LogP) is -1.29. The maximum Gasteiger partial charge on any atom is 0.407 e. The van der Waals surface area contributed by atoms with Gasteiger partial charge in [-0.2, -0.15) is 15.0 Å². The number of hydrogen-bond acceptors (Lipinski definition) is 5. The Morgan fingerprint density at radius 1 is 1.71 bits per heavy atom. The van der Waals surface area contributed by atoms with Crippen molar-refractivity contribution in [1.82, 2.24) is 20.3 Å². The molecule has 0 radical (unpaired) electrons. The lowest BCUT2D eigenvalue weighted by molar-refractivity contribution is 0.119. The van der Waals surface area contributed by atoms with Crippen molar-refractivity contribution < 1.29 is 9.53 Å². The highest BCUT2D eigenvalue weighted by molar-refractivity contribution is 5.69. The van der Waals surface area contributed by atoms with Crippen LogP contribution in [0.3, 0.4) is 0 Å². The van der Waals surface area contributed by atoms with Gasteiger partial charge < -0.3 is 15.8 Å². The van der Waals surface area contributed by atoms with E-state index in [4.69, 9.17) is 10.5 Å². The molecule has 1 aliphatic rings. The topological polar surface area (TPSA) is 95.1 Å². The Bertz CT molecular complexity index is 312. The summed E-state index contributed by atoms with van der Waals surface area (Å²) in [5.41, 5.74) is 5.81. The van der Waals surface area contributed by atoms with Crippen molar-refractivity contribution in [1.29, 1.82) is 0 Å². The van der Waals surface area contributed by atoms with Crippen LogP contribution in [0.5, 0.6) is 0 Å². The van der Waals surface area contributed by atoms with Crippen LogP contribution in [0, 0.1) is 0 Å². The Hall–Kier alpha value is -1.63. The van der Waals surface area contributed by atoms with E-state index in [1.54, 1.807) is 12.4 Å². The van der Waals surface area contributed by atoms with Crippen molar-refractivity contribution in [2.45, 2.75) is 18.7 Å². The highest BCUT2D eigenvalue weighted by atomic mass is 16.6. The standard InChI is InChI=1S/C7H11N5O2/c8-5(4-12-10-1-2-11-12)6-3-9-7(13)14-6/h1-2,5-6H,3-4,8H2,(H,9,13)/t5-,6-/m1/s1. The Kier molecular flexibility index (Phi) is 2.32. The molecule has 0 unspecified atom stereocenters. The zero-order chi connectivity index (χ0) is 9.97. The third-order valence-corrected chi connectivity index (χ3v) is 2.02. The summed E-state index contributed by atoms with van der Waals surface area (Å²) in [4.78, 5) is 12.2. The molecule has 1 aromatic rings. The van der Waals surface area contributed by atoms with E-state index in [9.17, 15) is 4.79 Å². The number of aromatic nitrogens is 3. The molecule has 1 aliphatic heterocycles. The van der Waals surface area contributed by atoms with Gasteiger partial charge in [0.05, 0.1) is 31.5 Å². The third-order valence-electron chi connectivity index (χ3n) is 2.02. The van der Waals surface area contributed by atoms with E-state index in [0.29, 0.717) is 13.1 Å². The SMILES string of the molecule is N[C@H](Cn1nccn1)[C@H]1CNC(=O)O1. The number of rotatable bonds is 3. The van der Waals surface area contributed by atoms with Crippen LogP contribution in [0.4, 0.5) is 4.79 Å². The van der Waals surface area contributed by atoms with E-state index in [-0.39, 0.29) is 12.1 Å². The van der Waals surface area contributed by atoms with Gasteiger partial charge in [-0.15, -0.1) is 0 Å². The molecule has 2 heterocycles. The first kappa shape index (κ1) is 8.95. The molecule has 0 saturated carbocycles. The lowest BCUT2D eigenvalue weighted by Crippen LogP contribution is -2.41. The number of carbonyl (C=O) groups excluding carboxylic acids is 1. The van der Waals surface area contributed by atoms with Crippen LogP contribution < -0.4 is 11.1 Å². The van der Waals surface area contributed by atoms with Crippen molar-refractivity contribution in [3.63, 3.8) is 0 Å². The van der Waals surface area contributed by atoms with Gasteiger partial charge >= 0.3 is 6.09 Å². The molecular weight excluding hydrogens is 186 g/mol. The summed E-state index contributed by atoms with van der Waals surface area (Å²) >= 11 is 0. The number of carbonyl (C=O) groups is 1. The zero-order valence-electron chi connectivity index (χ0n) is 7.46. The van der Waals surface area contributed by atoms with E-state index in [1.165, 1.54) is 4.80 Å². The summed E-state index contributed by atoms with van der Waals surface area (Å²) in [6, 6.07) is -0.290.